The van der Waals surface area contributed by atoms with Crippen molar-refractivity contribution in [2.45, 2.75) is 208 Å². The highest BCUT2D eigenvalue weighted by Gasteiger charge is 2.41. The number of hydrogen-bond acceptors (Lipinski definition) is 9. The van der Waals surface area contributed by atoms with Crippen LogP contribution in [0.2, 0.25) is 0 Å². The quantitative estimate of drug-likeness (QED) is 0.0318. The molecule has 0 atom stereocenters. The van der Waals surface area contributed by atoms with Gasteiger partial charge in [0, 0.05) is 17.5 Å². The molecule has 0 radical (unpaired) electrons. The van der Waals surface area contributed by atoms with Crippen molar-refractivity contribution >= 4 is 17.5 Å². The van der Waals surface area contributed by atoms with E-state index in [-0.39, 0.29) is 45.9 Å². The van der Waals surface area contributed by atoms with Gasteiger partial charge in [-0.2, -0.15) is 0 Å². The number of carbonyl (C=O) groups excluding carboxylic acids is 3. The van der Waals surface area contributed by atoms with Crippen LogP contribution < -0.4 is 28.4 Å². The van der Waals surface area contributed by atoms with Gasteiger partial charge in [0.1, 0.15) is 0 Å². The highest BCUT2D eigenvalue weighted by molar-refractivity contribution is 6.31. The van der Waals surface area contributed by atoms with Crippen LogP contribution in [0.3, 0.4) is 0 Å². The van der Waals surface area contributed by atoms with E-state index >= 15 is 9.59 Å². The summed E-state index contributed by atoms with van der Waals surface area (Å²) in [4.78, 5) is 44.1. The van der Waals surface area contributed by atoms with E-state index in [0.29, 0.717) is 56.7 Å². The minimum Gasteiger partial charge on any atom is -0.490 e. The second-order valence-corrected chi connectivity index (χ2v) is 16.8. The molecular weight excluding hydrogens is 769 g/mol. The molecular formula is C52H82O9. The molecule has 344 valence electrons. The van der Waals surface area contributed by atoms with E-state index in [1.807, 2.05) is 0 Å². The highest BCUT2D eigenvalue weighted by Crippen LogP contribution is 2.51. The standard InChI is InChI=1S/C52H82O9/c1-7-13-19-25-26-32-44(53)61-52-46-41(39-43(57-34-28-21-15-9-3)50(52)59-36-30-23-17-11-5)47(54)45-40(48(46)55)38-42(56-33-27-20-14-8-2)49(58-35-29-22-16-10-4)51(45)60-37-31-24-18-12-6/h38-39H,7-37H2,1-6H3. The van der Waals surface area contributed by atoms with Gasteiger partial charge in [-0.15, -0.1) is 0 Å². The SMILES string of the molecule is CCCCCCCC(=O)Oc1c(OCCCCCC)c(OCCCCCC)cc2c1C(=O)c1cc(OCCCCCC)c(OCCCCCC)c(OCCCCCC)c1C2=O. The largest absolute Gasteiger partial charge is 0.490 e. The molecule has 9 nitrogen and oxygen atoms in total. The van der Waals surface area contributed by atoms with Crippen molar-refractivity contribution in [3.05, 3.63) is 34.4 Å². The average molecular weight is 851 g/mol. The van der Waals surface area contributed by atoms with E-state index in [0.717, 1.165) is 154 Å². The van der Waals surface area contributed by atoms with Gasteiger partial charge in [0.2, 0.25) is 11.5 Å². The van der Waals surface area contributed by atoms with Crippen LogP contribution in [0.15, 0.2) is 12.1 Å². The Morgan fingerprint density at radius 2 is 0.689 bits per heavy atom. The number of unbranched alkanes of at least 4 members (excludes halogenated alkanes) is 19. The third-order valence-corrected chi connectivity index (χ3v) is 11.3. The molecule has 61 heavy (non-hydrogen) atoms. The Labute approximate surface area is 369 Å². The molecule has 0 saturated heterocycles. The zero-order valence-electron chi connectivity index (χ0n) is 39.2. The van der Waals surface area contributed by atoms with Crippen molar-refractivity contribution in [2.75, 3.05) is 33.0 Å². The monoisotopic (exact) mass is 851 g/mol. The Morgan fingerprint density at radius 1 is 0.377 bits per heavy atom. The van der Waals surface area contributed by atoms with E-state index < -0.39 is 17.5 Å². The van der Waals surface area contributed by atoms with Crippen LogP contribution in [-0.2, 0) is 4.79 Å². The normalized spacial score (nSPS) is 12.0. The number of fused-ring (bicyclic) bond motifs is 2. The summed E-state index contributed by atoms with van der Waals surface area (Å²) < 4.78 is 38.6. The average Bonchev–Trinajstić information content (AvgIpc) is 3.25. The molecule has 0 saturated carbocycles. The van der Waals surface area contributed by atoms with Gasteiger partial charge in [0.15, 0.2) is 34.6 Å². The van der Waals surface area contributed by atoms with Gasteiger partial charge < -0.3 is 28.4 Å². The Hall–Kier alpha value is -3.75. The lowest BCUT2D eigenvalue weighted by atomic mass is 9.82. The smallest absolute Gasteiger partial charge is 0.311 e. The molecule has 0 bridgehead atoms. The van der Waals surface area contributed by atoms with Gasteiger partial charge in [-0.25, -0.2) is 0 Å². The molecule has 0 heterocycles. The van der Waals surface area contributed by atoms with E-state index in [1.165, 1.54) is 0 Å². The van der Waals surface area contributed by atoms with Crippen molar-refractivity contribution in [2.24, 2.45) is 0 Å². The van der Waals surface area contributed by atoms with E-state index in [9.17, 15) is 4.79 Å². The number of rotatable bonds is 37. The fraction of sp³-hybridized carbons (Fsp3) is 0.712. The van der Waals surface area contributed by atoms with Crippen molar-refractivity contribution in [3.8, 4) is 34.5 Å². The van der Waals surface area contributed by atoms with Gasteiger partial charge in [-0.05, 0) is 50.7 Å². The predicted octanol–water partition coefficient (Wildman–Crippen LogP) is 14.5. The Kier molecular flexibility index (Phi) is 26.3. The number of hydrogen-bond donors (Lipinski definition) is 0. The van der Waals surface area contributed by atoms with Crippen LogP contribution in [0.4, 0.5) is 0 Å². The first-order valence-corrected chi connectivity index (χ1v) is 24.7. The summed E-state index contributed by atoms with van der Waals surface area (Å²) in [6.07, 6.45) is 24.8. The third kappa shape index (κ3) is 17.1. The molecule has 0 aliphatic heterocycles. The molecule has 2 aromatic carbocycles. The van der Waals surface area contributed by atoms with Crippen LogP contribution in [0.25, 0.3) is 0 Å². The van der Waals surface area contributed by atoms with Crippen LogP contribution in [0.5, 0.6) is 34.5 Å². The Morgan fingerprint density at radius 3 is 1.08 bits per heavy atom. The summed E-state index contributed by atoms with van der Waals surface area (Å²) >= 11 is 0. The molecule has 1 aliphatic carbocycles. The summed E-state index contributed by atoms with van der Waals surface area (Å²) in [5.74, 6) is 0.0792. The number of ketones is 2. The maximum absolute atomic E-state index is 15.2. The molecule has 0 amide bonds. The van der Waals surface area contributed by atoms with Crippen molar-refractivity contribution in [1.82, 2.24) is 0 Å². The number of ether oxygens (including phenoxy) is 6. The zero-order valence-corrected chi connectivity index (χ0v) is 39.2. The summed E-state index contributed by atoms with van der Waals surface area (Å²) in [5.41, 5.74) is 0.394. The molecule has 0 spiro atoms. The molecule has 0 aromatic heterocycles. The van der Waals surface area contributed by atoms with E-state index in [2.05, 4.69) is 41.5 Å². The molecule has 0 fully saturated rings. The number of carbonyl (C=O) groups is 3. The molecule has 2 aromatic rings. The van der Waals surface area contributed by atoms with E-state index in [1.54, 1.807) is 12.1 Å². The number of benzene rings is 2. The summed E-state index contributed by atoms with van der Waals surface area (Å²) in [7, 11) is 0. The van der Waals surface area contributed by atoms with Gasteiger partial charge >= 0.3 is 5.97 Å². The van der Waals surface area contributed by atoms with E-state index in [4.69, 9.17) is 28.4 Å². The molecule has 3 rings (SSSR count). The predicted molar refractivity (Wildman–Crippen MR) is 247 cm³/mol. The summed E-state index contributed by atoms with van der Waals surface area (Å²) in [6.45, 7) is 14.9. The molecule has 9 heteroatoms. The molecule has 1 aliphatic rings. The molecule has 0 unspecified atom stereocenters. The fourth-order valence-corrected chi connectivity index (χ4v) is 7.60. The highest BCUT2D eigenvalue weighted by atomic mass is 16.6. The van der Waals surface area contributed by atoms with Gasteiger partial charge in [-0.3, -0.25) is 14.4 Å². The Balaban J connectivity index is 2.25. The van der Waals surface area contributed by atoms with Gasteiger partial charge in [-0.1, -0.05) is 164 Å². The van der Waals surface area contributed by atoms with Crippen molar-refractivity contribution < 1.29 is 42.8 Å². The zero-order chi connectivity index (χ0) is 44.1. The second kappa shape index (κ2) is 31.1. The first-order chi connectivity index (χ1) is 29.9. The first kappa shape index (κ1) is 51.6. The first-order valence-electron chi connectivity index (χ1n) is 24.7. The fourth-order valence-electron chi connectivity index (χ4n) is 7.60. The van der Waals surface area contributed by atoms with Crippen LogP contribution >= 0.6 is 0 Å². The van der Waals surface area contributed by atoms with Crippen LogP contribution in [0.1, 0.15) is 240 Å². The number of esters is 1. The minimum atomic E-state index is -0.473. The lowest BCUT2D eigenvalue weighted by Crippen LogP contribution is -2.25. The van der Waals surface area contributed by atoms with Crippen molar-refractivity contribution in [3.63, 3.8) is 0 Å². The summed E-state index contributed by atoms with van der Waals surface area (Å²) in [5, 5.41) is 0. The maximum Gasteiger partial charge on any atom is 0.311 e. The topological polar surface area (TPSA) is 107 Å². The molecule has 0 N–H and O–H groups in total. The van der Waals surface area contributed by atoms with Crippen LogP contribution in [-0.4, -0.2) is 50.6 Å². The second-order valence-electron chi connectivity index (χ2n) is 16.8. The lowest BCUT2D eigenvalue weighted by Gasteiger charge is -2.27. The lowest BCUT2D eigenvalue weighted by molar-refractivity contribution is -0.134. The minimum absolute atomic E-state index is 0.00903. The third-order valence-electron chi connectivity index (χ3n) is 11.3. The Bertz CT molecular complexity index is 1580. The summed E-state index contributed by atoms with van der Waals surface area (Å²) in [6, 6.07) is 3.27. The van der Waals surface area contributed by atoms with Gasteiger partial charge in [0.05, 0.1) is 44.2 Å². The van der Waals surface area contributed by atoms with Crippen LogP contribution in [0, 0.1) is 0 Å². The maximum atomic E-state index is 15.2. The van der Waals surface area contributed by atoms with Gasteiger partial charge in [0.25, 0.3) is 0 Å². The van der Waals surface area contributed by atoms with Crippen molar-refractivity contribution in [1.29, 1.82) is 0 Å².